The van der Waals surface area contributed by atoms with Crippen molar-refractivity contribution >= 4 is 11.4 Å². The summed E-state index contributed by atoms with van der Waals surface area (Å²) in [6, 6.07) is 3.37. The summed E-state index contributed by atoms with van der Waals surface area (Å²) in [7, 11) is 0. The number of nitrogens with one attached hydrogen (secondary N) is 2. The van der Waals surface area contributed by atoms with Gasteiger partial charge in [0, 0.05) is 12.4 Å². The molecule has 0 saturated carbocycles. The molecule has 0 aliphatic rings. The van der Waals surface area contributed by atoms with Crippen molar-refractivity contribution in [2.24, 2.45) is 0 Å². The molecule has 0 fully saturated rings. The Kier molecular flexibility index (Phi) is 2.99. The number of nitro benzene ring substituents is 1. The molecule has 88 valence electrons. The average Bonchev–Trinajstić information content (AvgIpc) is 2.80. The van der Waals surface area contributed by atoms with Crippen molar-refractivity contribution in [3.05, 3.63) is 52.3 Å². The highest BCUT2D eigenvalue weighted by Crippen LogP contribution is 2.25. The summed E-state index contributed by atoms with van der Waals surface area (Å²) in [6.45, 7) is 0.305. The number of benzene rings is 1. The van der Waals surface area contributed by atoms with Crippen LogP contribution in [-0.2, 0) is 6.54 Å². The molecule has 1 aromatic carbocycles. The van der Waals surface area contributed by atoms with Crippen molar-refractivity contribution in [2.45, 2.75) is 6.54 Å². The molecule has 0 amide bonds. The first-order valence-corrected chi connectivity index (χ1v) is 4.83. The second-order valence-corrected chi connectivity index (χ2v) is 3.31. The number of hydrogen-bond acceptors (Lipinski definition) is 4. The lowest BCUT2D eigenvalue weighted by Gasteiger charge is -2.05. The first-order chi connectivity index (χ1) is 8.16. The van der Waals surface area contributed by atoms with Crippen LogP contribution in [0.3, 0.4) is 0 Å². The van der Waals surface area contributed by atoms with Crippen molar-refractivity contribution in [2.75, 3.05) is 5.32 Å². The minimum Gasteiger partial charge on any atom is -0.372 e. The minimum absolute atomic E-state index is 0.257. The van der Waals surface area contributed by atoms with Crippen LogP contribution in [0.1, 0.15) is 5.82 Å². The Hall–Kier alpha value is -2.44. The van der Waals surface area contributed by atoms with Crippen LogP contribution < -0.4 is 5.32 Å². The van der Waals surface area contributed by atoms with Crippen LogP contribution in [0, 0.1) is 15.9 Å². The number of aromatic nitrogens is 2. The SMILES string of the molecule is O=[N+]([O-])c1cc(F)ccc1NCc1ncc[nH]1. The number of hydrogen-bond donors (Lipinski definition) is 2. The lowest BCUT2D eigenvalue weighted by molar-refractivity contribution is -0.384. The van der Waals surface area contributed by atoms with Crippen LogP contribution in [0.25, 0.3) is 0 Å². The molecular weight excluding hydrogens is 227 g/mol. The van der Waals surface area contributed by atoms with Gasteiger partial charge in [-0.2, -0.15) is 0 Å². The van der Waals surface area contributed by atoms with Crippen LogP contribution in [0.5, 0.6) is 0 Å². The highest BCUT2D eigenvalue weighted by molar-refractivity contribution is 5.61. The molecular formula is C10H9FN4O2. The molecule has 0 atom stereocenters. The number of imidazole rings is 1. The third-order valence-electron chi connectivity index (χ3n) is 2.16. The number of halogens is 1. The molecule has 0 radical (unpaired) electrons. The summed E-state index contributed by atoms with van der Waals surface area (Å²) >= 11 is 0. The fraction of sp³-hybridized carbons (Fsp3) is 0.100. The number of rotatable bonds is 4. The number of H-pyrrole nitrogens is 1. The maximum absolute atomic E-state index is 12.9. The van der Waals surface area contributed by atoms with E-state index in [1.54, 1.807) is 12.4 Å². The summed E-state index contributed by atoms with van der Waals surface area (Å²) in [5.41, 5.74) is -0.0376. The molecule has 2 aromatic rings. The highest BCUT2D eigenvalue weighted by Gasteiger charge is 2.14. The quantitative estimate of drug-likeness (QED) is 0.628. The van der Waals surface area contributed by atoms with Crippen molar-refractivity contribution < 1.29 is 9.31 Å². The van der Waals surface area contributed by atoms with Gasteiger partial charge in [-0.15, -0.1) is 0 Å². The van der Waals surface area contributed by atoms with Crippen LogP contribution in [-0.4, -0.2) is 14.9 Å². The van der Waals surface area contributed by atoms with Gasteiger partial charge < -0.3 is 10.3 Å². The molecule has 0 spiro atoms. The highest BCUT2D eigenvalue weighted by atomic mass is 19.1. The molecule has 7 heteroatoms. The zero-order valence-corrected chi connectivity index (χ0v) is 8.68. The Balaban J connectivity index is 2.17. The summed E-state index contributed by atoms with van der Waals surface area (Å²) in [5, 5.41) is 13.5. The Morgan fingerprint density at radius 3 is 3.00 bits per heavy atom. The van der Waals surface area contributed by atoms with E-state index in [0.717, 1.165) is 12.1 Å². The Bertz CT molecular complexity index is 527. The Morgan fingerprint density at radius 1 is 1.53 bits per heavy atom. The van der Waals surface area contributed by atoms with E-state index in [-0.39, 0.29) is 11.4 Å². The molecule has 1 heterocycles. The summed E-state index contributed by atoms with van der Waals surface area (Å²) in [6.07, 6.45) is 3.23. The number of nitrogens with zero attached hydrogens (tertiary/aromatic N) is 2. The van der Waals surface area contributed by atoms with Gasteiger partial charge in [-0.1, -0.05) is 0 Å². The molecule has 0 bridgehead atoms. The van der Waals surface area contributed by atoms with Gasteiger partial charge in [0.1, 0.15) is 17.3 Å². The van der Waals surface area contributed by atoms with E-state index in [2.05, 4.69) is 15.3 Å². The van der Waals surface area contributed by atoms with E-state index in [1.165, 1.54) is 6.07 Å². The van der Waals surface area contributed by atoms with E-state index in [4.69, 9.17) is 0 Å². The van der Waals surface area contributed by atoms with Crippen molar-refractivity contribution in [3.63, 3.8) is 0 Å². The Labute approximate surface area is 95.7 Å². The average molecular weight is 236 g/mol. The lowest BCUT2D eigenvalue weighted by atomic mass is 10.2. The smallest absolute Gasteiger partial charge is 0.295 e. The van der Waals surface area contributed by atoms with E-state index < -0.39 is 10.7 Å². The molecule has 0 saturated heterocycles. The van der Waals surface area contributed by atoms with E-state index in [9.17, 15) is 14.5 Å². The van der Waals surface area contributed by atoms with E-state index in [1.807, 2.05) is 0 Å². The van der Waals surface area contributed by atoms with E-state index in [0.29, 0.717) is 12.4 Å². The molecule has 17 heavy (non-hydrogen) atoms. The largest absolute Gasteiger partial charge is 0.372 e. The topological polar surface area (TPSA) is 83.8 Å². The zero-order valence-electron chi connectivity index (χ0n) is 8.68. The fourth-order valence-electron chi connectivity index (χ4n) is 1.38. The van der Waals surface area contributed by atoms with Gasteiger partial charge in [-0.25, -0.2) is 9.37 Å². The molecule has 0 unspecified atom stereocenters. The van der Waals surface area contributed by atoms with Crippen LogP contribution >= 0.6 is 0 Å². The van der Waals surface area contributed by atoms with Gasteiger partial charge in [-0.05, 0) is 12.1 Å². The molecule has 0 aliphatic carbocycles. The van der Waals surface area contributed by atoms with Crippen molar-refractivity contribution in [1.82, 2.24) is 9.97 Å². The number of aromatic amines is 1. The maximum Gasteiger partial charge on any atom is 0.295 e. The summed E-state index contributed by atoms with van der Waals surface area (Å²) < 4.78 is 12.9. The van der Waals surface area contributed by atoms with Gasteiger partial charge in [0.05, 0.1) is 17.5 Å². The molecule has 6 nitrogen and oxygen atoms in total. The minimum atomic E-state index is -0.639. The molecule has 1 aromatic heterocycles. The summed E-state index contributed by atoms with van der Waals surface area (Å²) in [4.78, 5) is 16.9. The maximum atomic E-state index is 12.9. The lowest BCUT2D eigenvalue weighted by Crippen LogP contribution is -2.04. The predicted molar refractivity (Wildman–Crippen MR) is 59.0 cm³/mol. The standard InChI is InChI=1S/C10H9FN4O2/c11-7-1-2-8(9(5-7)15(16)17)14-6-10-12-3-4-13-10/h1-5,14H,6H2,(H,12,13). The van der Waals surface area contributed by atoms with Gasteiger partial charge in [0.25, 0.3) is 5.69 Å². The van der Waals surface area contributed by atoms with Gasteiger partial charge in [0.15, 0.2) is 0 Å². The Morgan fingerprint density at radius 2 is 2.35 bits per heavy atom. The third-order valence-corrected chi connectivity index (χ3v) is 2.16. The molecule has 2 rings (SSSR count). The molecule has 0 aliphatic heterocycles. The first-order valence-electron chi connectivity index (χ1n) is 4.83. The van der Waals surface area contributed by atoms with E-state index >= 15 is 0 Å². The first kappa shape index (κ1) is 11.1. The normalized spacial score (nSPS) is 10.2. The van der Waals surface area contributed by atoms with Crippen molar-refractivity contribution in [3.8, 4) is 0 Å². The third kappa shape index (κ3) is 2.57. The number of anilines is 1. The number of nitro groups is 1. The van der Waals surface area contributed by atoms with Crippen LogP contribution in [0.15, 0.2) is 30.6 Å². The monoisotopic (exact) mass is 236 g/mol. The second-order valence-electron chi connectivity index (χ2n) is 3.31. The van der Waals surface area contributed by atoms with Gasteiger partial charge in [-0.3, -0.25) is 10.1 Å². The molecule has 2 N–H and O–H groups in total. The zero-order chi connectivity index (χ0) is 12.3. The van der Waals surface area contributed by atoms with Gasteiger partial charge >= 0.3 is 0 Å². The van der Waals surface area contributed by atoms with Gasteiger partial charge in [0.2, 0.25) is 0 Å². The summed E-state index contributed by atoms with van der Waals surface area (Å²) in [5.74, 6) is 0.00358. The predicted octanol–water partition coefficient (Wildman–Crippen LogP) is 2.07. The van der Waals surface area contributed by atoms with Crippen LogP contribution in [0.4, 0.5) is 15.8 Å². The van der Waals surface area contributed by atoms with Crippen LogP contribution in [0.2, 0.25) is 0 Å². The fourth-order valence-corrected chi connectivity index (χ4v) is 1.38. The van der Waals surface area contributed by atoms with Crippen molar-refractivity contribution in [1.29, 1.82) is 0 Å². The second kappa shape index (κ2) is 4.60.